The van der Waals surface area contributed by atoms with Crippen molar-refractivity contribution < 1.29 is 23.1 Å². The van der Waals surface area contributed by atoms with Crippen molar-refractivity contribution in [3.63, 3.8) is 0 Å². The lowest BCUT2D eigenvalue weighted by atomic mass is 10.1. The number of hydrogen-bond acceptors (Lipinski definition) is 7. The van der Waals surface area contributed by atoms with E-state index in [-0.39, 0.29) is 16.9 Å². The van der Waals surface area contributed by atoms with Crippen molar-refractivity contribution >= 4 is 50.0 Å². The third-order valence-electron chi connectivity index (χ3n) is 6.70. The highest BCUT2D eigenvalue weighted by Gasteiger charge is 2.26. The van der Waals surface area contributed by atoms with Gasteiger partial charge in [-0.2, -0.15) is 4.72 Å². The number of nitrogens with two attached hydrogens (primary N) is 1. The maximum absolute atomic E-state index is 13.2. The molecule has 1 unspecified atom stereocenters. The number of sulfonamides is 1. The first-order valence-corrected chi connectivity index (χ1v) is 16.1. The number of aliphatic carboxylic acids is 1. The highest BCUT2D eigenvalue weighted by molar-refractivity contribution is 7.89. The number of anilines is 1. The van der Waals surface area contributed by atoms with Crippen LogP contribution >= 0.6 is 22.9 Å². The van der Waals surface area contributed by atoms with Crippen LogP contribution in [0.4, 0.5) is 5.13 Å². The number of nitrogens with one attached hydrogen (secondary N) is 2. The van der Waals surface area contributed by atoms with E-state index in [2.05, 4.69) is 15.0 Å². The minimum atomic E-state index is -4.19. The van der Waals surface area contributed by atoms with Crippen molar-refractivity contribution in [1.82, 2.24) is 9.71 Å². The summed E-state index contributed by atoms with van der Waals surface area (Å²) in [7, 11) is -4.19. The molecule has 1 aromatic heterocycles. The van der Waals surface area contributed by atoms with Crippen molar-refractivity contribution in [3.8, 4) is 21.7 Å². The third kappa shape index (κ3) is 7.39. The Labute approximate surface area is 263 Å². The first-order chi connectivity index (χ1) is 21.1. The van der Waals surface area contributed by atoms with Gasteiger partial charge in [0.25, 0.3) is 5.91 Å². The predicted molar refractivity (Wildman–Crippen MR) is 172 cm³/mol. The summed E-state index contributed by atoms with van der Waals surface area (Å²) in [5.41, 5.74) is 9.91. The van der Waals surface area contributed by atoms with E-state index in [1.807, 2.05) is 36.4 Å². The topological polar surface area (TPSA) is 151 Å². The van der Waals surface area contributed by atoms with Crippen molar-refractivity contribution in [3.05, 3.63) is 125 Å². The van der Waals surface area contributed by atoms with Gasteiger partial charge in [-0.15, -0.1) is 0 Å². The average Bonchev–Trinajstić information content (AvgIpc) is 3.45. The van der Waals surface area contributed by atoms with Crippen molar-refractivity contribution in [2.45, 2.75) is 23.9 Å². The molecule has 44 heavy (non-hydrogen) atoms. The molecule has 0 aliphatic heterocycles. The van der Waals surface area contributed by atoms with Crippen LogP contribution in [0.1, 0.15) is 21.5 Å². The standard InChI is InChI=1S/C32H27ClN4O5S2/c33-25-8-4-7-24(18-25)28-29(22-11-9-21(19-34)10-12-22)43-32(35-28)36-30(38)23-13-15-26(16-14-23)44(41,42)37-27(31(39)40)17-20-5-2-1-3-6-20/h1-16,18,27,37H,17,19,34H2,(H,39,40)(H,35,36,38). The van der Waals surface area contributed by atoms with Gasteiger partial charge < -0.3 is 10.8 Å². The molecule has 0 fully saturated rings. The van der Waals surface area contributed by atoms with E-state index in [0.29, 0.717) is 28.0 Å². The zero-order chi connectivity index (χ0) is 31.3. The van der Waals surface area contributed by atoms with Gasteiger partial charge >= 0.3 is 5.97 Å². The molecule has 0 spiro atoms. The Morgan fingerprint density at radius 3 is 2.23 bits per heavy atom. The number of rotatable bonds is 11. The van der Waals surface area contributed by atoms with Crippen molar-refractivity contribution in [1.29, 1.82) is 0 Å². The SMILES string of the molecule is NCc1ccc(-c2sc(NC(=O)c3ccc(S(=O)(=O)NC(Cc4ccccc4)C(=O)O)cc3)nc2-c2cccc(Cl)c2)cc1. The highest BCUT2D eigenvalue weighted by atomic mass is 35.5. The first kappa shape index (κ1) is 31.0. The minimum Gasteiger partial charge on any atom is -0.480 e. The molecule has 1 amide bonds. The van der Waals surface area contributed by atoms with Gasteiger partial charge in [-0.25, -0.2) is 13.4 Å². The largest absolute Gasteiger partial charge is 0.480 e. The molecule has 0 saturated heterocycles. The van der Waals surface area contributed by atoms with Gasteiger partial charge in [0.15, 0.2) is 5.13 Å². The summed E-state index contributed by atoms with van der Waals surface area (Å²) in [6, 6.07) is 27.6. The van der Waals surface area contributed by atoms with Crippen LogP contribution in [0.15, 0.2) is 108 Å². The second-order valence-electron chi connectivity index (χ2n) is 9.79. The monoisotopic (exact) mass is 646 g/mol. The summed E-state index contributed by atoms with van der Waals surface area (Å²) in [4.78, 5) is 30.3. The van der Waals surface area contributed by atoms with Gasteiger partial charge in [-0.1, -0.05) is 89.7 Å². The Kier molecular flexibility index (Phi) is 9.52. The fourth-order valence-corrected chi connectivity index (χ4v) is 6.80. The van der Waals surface area contributed by atoms with Crippen LogP contribution in [-0.4, -0.2) is 36.4 Å². The minimum absolute atomic E-state index is 0.0277. The van der Waals surface area contributed by atoms with Crippen molar-refractivity contribution in [2.24, 2.45) is 5.73 Å². The summed E-state index contributed by atoms with van der Waals surface area (Å²) < 4.78 is 28.2. The maximum atomic E-state index is 13.2. The van der Waals surface area contributed by atoms with Crippen molar-refractivity contribution in [2.75, 3.05) is 5.32 Å². The highest BCUT2D eigenvalue weighted by Crippen LogP contribution is 2.40. The van der Waals surface area contributed by atoms with E-state index in [4.69, 9.17) is 17.3 Å². The molecule has 0 aliphatic carbocycles. The molecule has 1 atom stereocenters. The zero-order valence-electron chi connectivity index (χ0n) is 23.1. The van der Waals surface area contributed by atoms with Crippen LogP contribution in [0.2, 0.25) is 5.02 Å². The van der Waals surface area contributed by atoms with Crippen LogP contribution in [0.25, 0.3) is 21.7 Å². The van der Waals surface area contributed by atoms with E-state index >= 15 is 0 Å². The number of hydrogen-bond donors (Lipinski definition) is 4. The molecular formula is C32H27ClN4O5S2. The Hall–Kier alpha value is -4.39. The lowest BCUT2D eigenvalue weighted by Gasteiger charge is -2.15. The quantitative estimate of drug-likeness (QED) is 0.141. The average molecular weight is 647 g/mol. The van der Waals surface area contributed by atoms with Gasteiger partial charge in [0.2, 0.25) is 10.0 Å². The number of nitrogens with zero attached hydrogens (tertiary/aromatic N) is 1. The van der Waals surface area contributed by atoms with E-state index in [9.17, 15) is 23.1 Å². The number of thiazole rings is 1. The molecule has 224 valence electrons. The molecule has 5 N–H and O–H groups in total. The molecule has 12 heteroatoms. The predicted octanol–water partition coefficient (Wildman–Crippen LogP) is 5.82. The summed E-state index contributed by atoms with van der Waals surface area (Å²) >= 11 is 7.53. The van der Waals surface area contributed by atoms with Crippen LogP contribution in [0, 0.1) is 0 Å². The molecular weight excluding hydrogens is 620 g/mol. The van der Waals surface area contributed by atoms with Crippen LogP contribution < -0.4 is 15.8 Å². The molecule has 5 rings (SSSR count). The lowest BCUT2D eigenvalue weighted by molar-refractivity contribution is -0.138. The first-order valence-electron chi connectivity index (χ1n) is 13.4. The van der Waals surface area contributed by atoms with E-state index in [0.717, 1.165) is 21.6 Å². The van der Waals surface area contributed by atoms with Gasteiger partial charge in [0.1, 0.15) is 6.04 Å². The maximum Gasteiger partial charge on any atom is 0.322 e. The molecule has 5 aromatic rings. The molecule has 0 radical (unpaired) electrons. The van der Waals surface area contributed by atoms with E-state index in [1.165, 1.54) is 35.6 Å². The second kappa shape index (κ2) is 13.5. The van der Waals surface area contributed by atoms with E-state index in [1.54, 1.807) is 42.5 Å². The third-order valence-corrected chi connectivity index (χ3v) is 9.45. The normalized spacial score (nSPS) is 12.0. The fourth-order valence-electron chi connectivity index (χ4n) is 4.43. The molecule has 0 saturated carbocycles. The summed E-state index contributed by atoms with van der Waals surface area (Å²) in [5, 5.41) is 13.3. The number of amides is 1. The van der Waals surface area contributed by atoms with Crippen LogP contribution in [-0.2, 0) is 27.8 Å². The van der Waals surface area contributed by atoms with Gasteiger partial charge in [-0.3, -0.25) is 14.9 Å². The number of carbonyl (C=O) groups is 2. The summed E-state index contributed by atoms with van der Waals surface area (Å²) in [6.07, 6.45) is -0.0277. The molecule has 0 aliphatic rings. The van der Waals surface area contributed by atoms with Gasteiger partial charge in [0, 0.05) is 22.7 Å². The van der Waals surface area contributed by atoms with Gasteiger partial charge in [0.05, 0.1) is 15.5 Å². The van der Waals surface area contributed by atoms with Crippen LogP contribution in [0.3, 0.4) is 0 Å². The number of carboxylic acids is 1. The molecule has 4 aromatic carbocycles. The number of carbonyl (C=O) groups excluding carboxylic acids is 1. The Balaban J connectivity index is 1.35. The smallest absolute Gasteiger partial charge is 0.322 e. The van der Waals surface area contributed by atoms with Gasteiger partial charge in [-0.05, 0) is 59.5 Å². The van der Waals surface area contributed by atoms with Crippen LogP contribution in [0.5, 0.6) is 0 Å². The number of benzene rings is 4. The fraction of sp³-hybridized carbons (Fsp3) is 0.0938. The summed E-state index contributed by atoms with van der Waals surface area (Å²) in [6.45, 7) is 0.412. The lowest BCUT2D eigenvalue weighted by Crippen LogP contribution is -2.42. The molecule has 1 heterocycles. The number of carboxylic acid groups (broad SMARTS) is 1. The summed E-state index contributed by atoms with van der Waals surface area (Å²) in [5.74, 6) is -1.80. The number of aromatic nitrogens is 1. The Bertz CT molecular complexity index is 1900. The second-order valence-corrected chi connectivity index (χ2v) is 12.9. The number of halogens is 1. The Morgan fingerprint density at radius 2 is 1.59 bits per heavy atom. The van der Waals surface area contributed by atoms with E-state index < -0.39 is 27.9 Å². The molecule has 9 nitrogen and oxygen atoms in total. The Morgan fingerprint density at radius 1 is 0.886 bits per heavy atom. The zero-order valence-corrected chi connectivity index (χ0v) is 25.5. The molecule has 0 bridgehead atoms.